The number of aromatic nitrogens is 1. The number of carbonyl (C=O) groups excluding carboxylic acids is 1. The second-order valence-corrected chi connectivity index (χ2v) is 7.17. The number of nitrogens with two attached hydrogens (primary N) is 1. The minimum absolute atomic E-state index is 0.0603. The molecule has 0 bridgehead atoms. The smallest absolute Gasteiger partial charge is 0.252 e. The van der Waals surface area contributed by atoms with Crippen LogP contribution in [-0.4, -0.2) is 36.7 Å². The van der Waals surface area contributed by atoms with Gasteiger partial charge in [-0.25, -0.2) is 0 Å². The maximum Gasteiger partial charge on any atom is 0.252 e. The zero-order valence-electron chi connectivity index (χ0n) is 14.5. The first kappa shape index (κ1) is 16.1. The minimum atomic E-state index is -0.524. The van der Waals surface area contributed by atoms with E-state index >= 15 is 0 Å². The molecule has 1 aromatic carbocycles. The van der Waals surface area contributed by atoms with Gasteiger partial charge in [-0.2, -0.15) is 0 Å². The van der Waals surface area contributed by atoms with Gasteiger partial charge in [0, 0.05) is 17.5 Å². The number of primary amides is 1. The molecule has 1 aromatic heterocycles. The van der Waals surface area contributed by atoms with Crippen molar-refractivity contribution in [3.63, 3.8) is 0 Å². The molecule has 6 heteroatoms. The zero-order chi connectivity index (χ0) is 17.6. The van der Waals surface area contributed by atoms with Crippen molar-refractivity contribution < 1.29 is 14.3 Å². The number of piperidine rings is 1. The number of benzene rings is 1. The highest BCUT2D eigenvalue weighted by Gasteiger charge is 2.53. The Morgan fingerprint density at radius 3 is 2.76 bits per heavy atom. The molecule has 2 aliphatic rings. The molecule has 1 aliphatic carbocycles. The Morgan fingerprint density at radius 1 is 1.32 bits per heavy atom. The highest BCUT2D eigenvalue weighted by Crippen LogP contribution is 2.48. The molecule has 1 aliphatic heterocycles. The highest BCUT2D eigenvalue weighted by atomic mass is 16.5. The maximum absolute atomic E-state index is 11.7. The van der Waals surface area contributed by atoms with Gasteiger partial charge in [-0.1, -0.05) is 0 Å². The van der Waals surface area contributed by atoms with E-state index in [0.717, 1.165) is 36.1 Å². The topological polar surface area (TPSA) is 86.5 Å². The van der Waals surface area contributed by atoms with Gasteiger partial charge < -0.3 is 20.5 Å². The average molecular weight is 341 g/mol. The van der Waals surface area contributed by atoms with Crippen LogP contribution >= 0.6 is 0 Å². The fourth-order valence-electron chi connectivity index (χ4n) is 3.80. The van der Waals surface area contributed by atoms with Gasteiger partial charge in [-0.3, -0.25) is 9.78 Å². The number of hydrogen-bond donors (Lipinski definition) is 2. The quantitative estimate of drug-likeness (QED) is 0.839. The van der Waals surface area contributed by atoms with Crippen LogP contribution in [0.15, 0.2) is 24.4 Å². The summed E-state index contributed by atoms with van der Waals surface area (Å²) < 4.78 is 11.9. The number of carbonyl (C=O) groups is 1. The molecule has 3 atom stereocenters. The van der Waals surface area contributed by atoms with Crippen LogP contribution in [0, 0.1) is 17.8 Å². The molecule has 132 valence electrons. The maximum atomic E-state index is 11.7. The number of nitrogens with zero attached hydrogens (tertiary/aromatic N) is 1. The van der Waals surface area contributed by atoms with Gasteiger partial charge in [0.1, 0.15) is 11.5 Å². The lowest BCUT2D eigenvalue weighted by atomic mass is 10.1. The van der Waals surface area contributed by atoms with E-state index in [-0.39, 0.29) is 6.10 Å². The third-order valence-electron chi connectivity index (χ3n) is 5.13. The predicted octanol–water partition coefficient (Wildman–Crippen LogP) is 1.97. The number of fused-ring (bicyclic) bond motifs is 2. The molecular weight excluding hydrogens is 318 g/mol. The van der Waals surface area contributed by atoms with Crippen molar-refractivity contribution in [1.82, 2.24) is 10.3 Å². The van der Waals surface area contributed by atoms with Gasteiger partial charge in [0.05, 0.1) is 23.8 Å². The van der Waals surface area contributed by atoms with E-state index in [1.807, 2.05) is 26.0 Å². The Kier molecular flexibility index (Phi) is 4.00. The summed E-state index contributed by atoms with van der Waals surface area (Å²) in [4.78, 5) is 16.1. The van der Waals surface area contributed by atoms with Gasteiger partial charge in [-0.15, -0.1) is 0 Å². The SMILES string of the molecule is CC(C)Oc1cc2c(OCC3[C@H]4CNC[C@@H]34)ccnc2cc1C(N)=O. The van der Waals surface area contributed by atoms with Crippen molar-refractivity contribution in [1.29, 1.82) is 0 Å². The van der Waals surface area contributed by atoms with Crippen LogP contribution in [0.25, 0.3) is 10.9 Å². The number of rotatable bonds is 6. The molecule has 4 rings (SSSR count). The van der Waals surface area contributed by atoms with E-state index in [4.69, 9.17) is 15.2 Å². The van der Waals surface area contributed by atoms with Crippen molar-refractivity contribution in [2.24, 2.45) is 23.5 Å². The third-order valence-corrected chi connectivity index (χ3v) is 5.13. The van der Waals surface area contributed by atoms with Crippen LogP contribution in [0.4, 0.5) is 0 Å². The number of hydrogen-bond acceptors (Lipinski definition) is 5. The first-order valence-corrected chi connectivity index (χ1v) is 8.77. The lowest BCUT2D eigenvalue weighted by molar-refractivity contribution is 0.0994. The summed E-state index contributed by atoms with van der Waals surface area (Å²) in [6, 6.07) is 5.35. The monoisotopic (exact) mass is 341 g/mol. The van der Waals surface area contributed by atoms with Crippen LogP contribution in [0.5, 0.6) is 11.5 Å². The highest BCUT2D eigenvalue weighted by molar-refractivity contribution is 6.01. The summed E-state index contributed by atoms with van der Waals surface area (Å²) in [7, 11) is 0. The molecule has 2 fully saturated rings. The predicted molar refractivity (Wildman–Crippen MR) is 94.9 cm³/mol. The molecule has 6 nitrogen and oxygen atoms in total. The second kappa shape index (κ2) is 6.19. The van der Waals surface area contributed by atoms with E-state index in [1.165, 1.54) is 0 Å². The van der Waals surface area contributed by atoms with Crippen LogP contribution in [0.1, 0.15) is 24.2 Å². The molecule has 1 saturated heterocycles. The Balaban J connectivity index is 1.63. The van der Waals surface area contributed by atoms with Crippen LogP contribution < -0.4 is 20.5 Å². The summed E-state index contributed by atoms with van der Waals surface area (Å²) in [6.45, 7) is 6.74. The van der Waals surface area contributed by atoms with E-state index in [9.17, 15) is 4.79 Å². The Hall–Kier alpha value is -2.34. The van der Waals surface area contributed by atoms with Gasteiger partial charge in [0.25, 0.3) is 5.91 Å². The molecule has 3 N–H and O–H groups in total. The van der Waals surface area contributed by atoms with Crippen molar-refractivity contribution in [3.8, 4) is 11.5 Å². The zero-order valence-corrected chi connectivity index (χ0v) is 14.5. The molecule has 1 unspecified atom stereocenters. The first-order valence-electron chi connectivity index (χ1n) is 8.77. The van der Waals surface area contributed by atoms with Crippen LogP contribution in [0.2, 0.25) is 0 Å². The van der Waals surface area contributed by atoms with Gasteiger partial charge in [0.2, 0.25) is 0 Å². The molecule has 1 saturated carbocycles. The van der Waals surface area contributed by atoms with Crippen molar-refractivity contribution in [2.45, 2.75) is 20.0 Å². The van der Waals surface area contributed by atoms with E-state index in [2.05, 4.69) is 10.3 Å². The summed E-state index contributed by atoms with van der Waals surface area (Å²) in [5.74, 6) is 2.88. The summed E-state index contributed by atoms with van der Waals surface area (Å²) in [6.07, 6.45) is 1.63. The Bertz CT molecular complexity index is 811. The fourth-order valence-corrected chi connectivity index (χ4v) is 3.80. The standard InChI is InChI=1S/C19H23N3O3/c1-10(2)25-18-6-11-16(5-12(18)19(20)23)22-4-3-17(11)24-9-15-13-7-21-8-14(13)15/h3-6,10,13-15,21H,7-9H2,1-2H3,(H2,20,23)/t13-,14+,15?. The molecule has 2 heterocycles. The molecular formula is C19H23N3O3. The van der Waals surface area contributed by atoms with Gasteiger partial charge >= 0.3 is 0 Å². The van der Waals surface area contributed by atoms with E-state index < -0.39 is 5.91 Å². The number of nitrogens with one attached hydrogen (secondary N) is 1. The number of amides is 1. The summed E-state index contributed by atoms with van der Waals surface area (Å²) in [5.41, 5.74) is 6.52. The van der Waals surface area contributed by atoms with E-state index in [1.54, 1.807) is 12.3 Å². The second-order valence-electron chi connectivity index (χ2n) is 7.17. The molecule has 0 spiro atoms. The Morgan fingerprint density at radius 2 is 2.08 bits per heavy atom. The van der Waals surface area contributed by atoms with Crippen LogP contribution in [0.3, 0.4) is 0 Å². The largest absolute Gasteiger partial charge is 0.493 e. The number of ether oxygens (including phenoxy) is 2. The summed E-state index contributed by atoms with van der Waals surface area (Å²) >= 11 is 0. The summed E-state index contributed by atoms with van der Waals surface area (Å²) in [5, 5.41) is 4.24. The minimum Gasteiger partial charge on any atom is -0.493 e. The van der Waals surface area contributed by atoms with Crippen molar-refractivity contribution in [3.05, 3.63) is 30.0 Å². The van der Waals surface area contributed by atoms with Gasteiger partial charge in [-0.05, 0) is 57.0 Å². The molecule has 0 radical (unpaired) electrons. The van der Waals surface area contributed by atoms with Crippen molar-refractivity contribution >= 4 is 16.8 Å². The van der Waals surface area contributed by atoms with Crippen molar-refractivity contribution in [2.75, 3.05) is 19.7 Å². The molecule has 2 aromatic rings. The van der Waals surface area contributed by atoms with Crippen LogP contribution in [-0.2, 0) is 0 Å². The number of pyridine rings is 1. The third kappa shape index (κ3) is 3.02. The van der Waals surface area contributed by atoms with E-state index in [0.29, 0.717) is 29.4 Å². The average Bonchev–Trinajstić information content (AvgIpc) is 2.99. The normalized spacial score (nSPS) is 24.4. The van der Waals surface area contributed by atoms with Gasteiger partial charge in [0.15, 0.2) is 0 Å². The Labute approximate surface area is 146 Å². The lowest BCUT2D eigenvalue weighted by Gasteiger charge is -2.15. The molecule has 25 heavy (non-hydrogen) atoms. The first-order chi connectivity index (χ1) is 12.0. The molecule has 1 amide bonds. The lowest BCUT2D eigenvalue weighted by Crippen LogP contribution is -2.18. The fraction of sp³-hybridized carbons (Fsp3) is 0.474.